The number of aliphatic hydroxyl groups excluding tert-OH is 1. The monoisotopic (exact) mass is 142 g/mol. The van der Waals surface area contributed by atoms with E-state index in [4.69, 9.17) is 4.74 Å². The summed E-state index contributed by atoms with van der Waals surface area (Å²) in [7, 11) is 0. The van der Waals surface area contributed by atoms with Gasteiger partial charge >= 0.3 is 0 Å². The van der Waals surface area contributed by atoms with Gasteiger partial charge in [0.05, 0.1) is 18.3 Å². The maximum atomic E-state index is 9.40. The molecular formula is C8H14O2. The summed E-state index contributed by atoms with van der Waals surface area (Å²) >= 11 is 0. The van der Waals surface area contributed by atoms with E-state index >= 15 is 0 Å². The summed E-state index contributed by atoms with van der Waals surface area (Å²) < 4.78 is 5.58. The second-order valence-corrected chi connectivity index (χ2v) is 3.37. The zero-order chi connectivity index (χ0) is 6.97. The van der Waals surface area contributed by atoms with Gasteiger partial charge in [-0.2, -0.15) is 0 Å². The molecule has 2 aliphatic rings. The molecule has 2 rings (SSSR count). The first-order valence-corrected chi connectivity index (χ1v) is 4.20. The van der Waals surface area contributed by atoms with Crippen LogP contribution in [-0.2, 0) is 4.74 Å². The van der Waals surface area contributed by atoms with Crippen LogP contribution in [0.1, 0.15) is 32.1 Å². The predicted octanol–water partition coefficient (Wildman–Crippen LogP) is 1.08. The van der Waals surface area contributed by atoms with Crippen molar-refractivity contribution in [1.82, 2.24) is 0 Å². The molecule has 2 unspecified atom stereocenters. The van der Waals surface area contributed by atoms with Crippen LogP contribution in [-0.4, -0.2) is 23.4 Å². The van der Waals surface area contributed by atoms with Gasteiger partial charge in [0.25, 0.3) is 0 Å². The largest absolute Gasteiger partial charge is 0.390 e. The predicted molar refractivity (Wildman–Crippen MR) is 37.8 cm³/mol. The Balaban J connectivity index is 2.00. The maximum Gasteiger partial charge on any atom is 0.0837 e. The minimum absolute atomic E-state index is 0.170. The topological polar surface area (TPSA) is 29.5 Å². The molecule has 0 saturated carbocycles. The molecule has 1 N–H and O–H groups in total. The number of ether oxygens (including phenoxy) is 1. The highest BCUT2D eigenvalue weighted by atomic mass is 16.5. The van der Waals surface area contributed by atoms with Gasteiger partial charge in [-0.1, -0.05) is 0 Å². The first kappa shape index (κ1) is 6.62. The lowest BCUT2D eigenvalue weighted by Gasteiger charge is -2.38. The Morgan fingerprint density at radius 3 is 2.80 bits per heavy atom. The molecule has 2 bridgehead atoms. The van der Waals surface area contributed by atoms with Crippen LogP contribution in [0.25, 0.3) is 0 Å². The van der Waals surface area contributed by atoms with Crippen molar-refractivity contribution in [1.29, 1.82) is 0 Å². The van der Waals surface area contributed by atoms with Gasteiger partial charge in [-0.15, -0.1) is 0 Å². The summed E-state index contributed by atoms with van der Waals surface area (Å²) in [5.74, 6) is 0. The molecule has 3 atom stereocenters. The van der Waals surface area contributed by atoms with Crippen molar-refractivity contribution in [2.75, 3.05) is 0 Å². The second-order valence-electron chi connectivity index (χ2n) is 3.37. The fraction of sp³-hybridized carbons (Fsp3) is 1.00. The summed E-state index contributed by atoms with van der Waals surface area (Å²) in [6, 6.07) is 0. The van der Waals surface area contributed by atoms with Crippen LogP contribution >= 0.6 is 0 Å². The molecule has 58 valence electrons. The molecule has 2 heterocycles. The van der Waals surface area contributed by atoms with E-state index in [1.54, 1.807) is 0 Å². The van der Waals surface area contributed by atoms with Crippen LogP contribution < -0.4 is 0 Å². The van der Waals surface area contributed by atoms with E-state index in [2.05, 4.69) is 0 Å². The molecule has 0 aromatic heterocycles. The van der Waals surface area contributed by atoms with E-state index in [1.165, 1.54) is 12.8 Å². The minimum Gasteiger partial charge on any atom is -0.390 e. The summed E-state index contributed by atoms with van der Waals surface area (Å²) in [6.45, 7) is 0. The maximum absolute atomic E-state index is 9.40. The lowest BCUT2D eigenvalue weighted by atomic mass is 9.90. The summed E-state index contributed by atoms with van der Waals surface area (Å²) in [5.41, 5.74) is 0. The number of rotatable bonds is 0. The molecular weight excluding hydrogens is 128 g/mol. The molecule has 0 aromatic carbocycles. The molecule has 2 aliphatic heterocycles. The van der Waals surface area contributed by atoms with E-state index in [1.807, 2.05) is 0 Å². The van der Waals surface area contributed by atoms with Crippen LogP contribution in [0.3, 0.4) is 0 Å². The van der Waals surface area contributed by atoms with Crippen molar-refractivity contribution in [2.24, 2.45) is 0 Å². The highest BCUT2D eigenvalue weighted by Gasteiger charge is 2.32. The Bertz CT molecular complexity index is 122. The lowest BCUT2D eigenvalue weighted by molar-refractivity contribution is -0.142. The van der Waals surface area contributed by atoms with Gasteiger partial charge < -0.3 is 9.84 Å². The molecule has 2 nitrogen and oxygen atoms in total. The molecule has 0 radical (unpaired) electrons. The van der Waals surface area contributed by atoms with Crippen LogP contribution in [0.4, 0.5) is 0 Å². The smallest absolute Gasteiger partial charge is 0.0837 e. The van der Waals surface area contributed by atoms with Crippen LogP contribution in [0, 0.1) is 0 Å². The normalized spacial score (nSPS) is 47.1. The molecule has 0 aliphatic carbocycles. The van der Waals surface area contributed by atoms with Crippen molar-refractivity contribution in [3.8, 4) is 0 Å². The fourth-order valence-electron chi connectivity index (χ4n) is 1.97. The Hall–Kier alpha value is -0.0800. The van der Waals surface area contributed by atoms with Crippen molar-refractivity contribution >= 4 is 0 Å². The van der Waals surface area contributed by atoms with Gasteiger partial charge in [-0.25, -0.2) is 0 Å². The fourth-order valence-corrected chi connectivity index (χ4v) is 1.97. The number of hydrogen-bond donors (Lipinski definition) is 1. The van der Waals surface area contributed by atoms with Gasteiger partial charge in [0.1, 0.15) is 0 Å². The van der Waals surface area contributed by atoms with Crippen molar-refractivity contribution in [3.63, 3.8) is 0 Å². The zero-order valence-electron chi connectivity index (χ0n) is 6.12. The third kappa shape index (κ3) is 1.06. The van der Waals surface area contributed by atoms with E-state index in [0.717, 1.165) is 19.3 Å². The number of fused-ring (bicyclic) bond motifs is 2. The van der Waals surface area contributed by atoms with Gasteiger partial charge in [-0.3, -0.25) is 0 Å². The van der Waals surface area contributed by atoms with Crippen molar-refractivity contribution in [2.45, 2.75) is 50.4 Å². The quantitative estimate of drug-likeness (QED) is 0.548. The molecule has 0 amide bonds. The summed E-state index contributed by atoms with van der Waals surface area (Å²) in [6.07, 6.45) is 6.02. The van der Waals surface area contributed by atoms with Crippen LogP contribution in [0.2, 0.25) is 0 Å². The molecule has 10 heavy (non-hydrogen) atoms. The Kier molecular flexibility index (Phi) is 1.66. The van der Waals surface area contributed by atoms with E-state index in [9.17, 15) is 5.11 Å². The first-order chi connectivity index (χ1) is 4.86. The molecule has 2 fully saturated rings. The highest BCUT2D eigenvalue weighted by molar-refractivity contribution is 4.82. The first-order valence-electron chi connectivity index (χ1n) is 4.20. The molecule has 0 aromatic rings. The molecule has 2 saturated heterocycles. The third-order valence-electron chi connectivity index (χ3n) is 2.60. The van der Waals surface area contributed by atoms with Gasteiger partial charge in [0.2, 0.25) is 0 Å². The summed E-state index contributed by atoms with van der Waals surface area (Å²) in [4.78, 5) is 0. The van der Waals surface area contributed by atoms with Crippen molar-refractivity contribution < 1.29 is 9.84 Å². The average Bonchev–Trinajstić information content (AvgIpc) is 1.99. The Labute approximate surface area is 61.2 Å². The highest BCUT2D eigenvalue weighted by Crippen LogP contribution is 2.30. The molecule has 0 spiro atoms. The van der Waals surface area contributed by atoms with E-state index in [-0.39, 0.29) is 12.2 Å². The van der Waals surface area contributed by atoms with Crippen molar-refractivity contribution in [3.05, 3.63) is 0 Å². The van der Waals surface area contributed by atoms with Crippen LogP contribution in [0.15, 0.2) is 0 Å². The number of hydrogen-bond acceptors (Lipinski definition) is 2. The van der Waals surface area contributed by atoms with Gasteiger partial charge in [0.15, 0.2) is 0 Å². The molecule has 2 heteroatoms. The van der Waals surface area contributed by atoms with E-state index in [0.29, 0.717) is 6.10 Å². The minimum atomic E-state index is -0.170. The van der Waals surface area contributed by atoms with Gasteiger partial charge in [0, 0.05) is 0 Å². The third-order valence-corrected chi connectivity index (χ3v) is 2.60. The Morgan fingerprint density at radius 2 is 2.00 bits per heavy atom. The van der Waals surface area contributed by atoms with Gasteiger partial charge in [-0.05, 0) is 32.1 Å². The number of aliphatic hydroxyl groups is 1. The second kappa shape index (κ2) is 2.51. The van der Waals surface area contributed by atoms with Crippen LogP contribution in [0.5, 0.6) is 0 Å². The Morgan fingerprint density at radius 1 is 1.10 bits per heavy atom. The lowest BCUT2D eigenvalue weighted by Crippen LogP contribution is -2.41. The summed E-state index contributed by atoms with van der Waals surface area (Å²) in [5, 5.41) is 9.40. The van der Waals surface area contributed by atoms with E-state index < -0.39 is 0 Å². The zero-order valence-corrected chi connectivity index (χ0v) is 6.12. The average molecular weight is 142 g/mol. The SMILES string of the molecule is O[C@@H]1CCC2CCCC1O2. The standard InChI is InChI=1S/C8H14O2/c9-7-5-4-6-2-1-3-8(7)10-6/h6-9H,1-5H2/t6?,7-,8?/m1/s1.